The number of rotatable bonds is 4. The fourth-order valence-corrected chi connectivity index (χ4v) is 10.4. The van der Waals surface area contributed by atoms with Crippen molar-refractivity contribution >= 4 is 67.3 Å². The van der Waals surface area contributed by atoms with E-state index in [-0.39, 0.29) is 6.04 Å². The van der Waals surface area contributed by atoms with Crippen LogP contribution in [-0.4, -0.2) is 10.6 Å². The first-order chi connectivity index (χ1) is 27.8. The third kappa shape index (κ3) is 4.69. The lowest BCUT2D eigenvalue weighted by Gasteiger charge is -2.32. The molecule has 2 heterocycles. The largest absolute Gasteiger partial charge is 0.336 e. The fraction of sp³-hybridized carbons (Fsp3) is 0.111. The van der Waals surface area contributed by atoms with Gasteiger partial charge in [0.25, 0.3) is 0 Å². The van der Waals surface area contributed by atoms with Crippen LogP contribution in [-0.2, 0) is 6.42 Å². The minimum atomic E-state index is 0.289. The third-order valence-corrected chi connectivity index (χ3v) is 12.8. The number of para-hydroxylation sites is 2. The molecule has 1 aliphatic heterocycles. The van der Waals surface area contributed by atoms with Gasteiger partial charge in [0, 0.05) is 38.5 Å². The van der Waals surface area contributed by atoms with Gasteiger partial charge in [0.2, 0.25) is 0 Å². The molecule has 0 amide bonds. The Bertz CT molecular complexity index is 3180. The highest BCUT2D eigenvalue weighted by Gasteiger charge is 2.37. The van der Waals surface area contributed by atoms with Crippen molar-refractivity contribution in [3.8, 4) is 16.8 Å². The van der Waals surface area contributed by atoms with Crippen LogP contribution in [0.3, 0.4) is 0 Å². The van der Waals surface area contributed by atoms with Crippen LogP contribution in [0.2, 0.25) is 0 Å². The van der Waals surface area contributed by atoms with E-state index in [4.69, 9.17) is 0 Å². The number of hydrogen-bond donors (Lipinski definition) is 0. The van der Waals surface area contributed by atoms with Crippen LogP contribution in [0.15, 0.2) is 164 Å². The van der Waals surface area contributed by atoms with Gasteiger partial charge in [0.1, 0.15) is 0 Å². The number of fused-ring (bicyclic) bond motifs is 9. The Kier molecular flexibility index (Phi) is 7.04. The summed E-state index contributed by atoms with van der Waals surface area (Å²) in [5, 5.41) is 7.89. The quantitative estimate of drug-likeness (QED) is 0.176. The van der Waals surface area contributed by atoms with E-state index in [9.17, 15) is 0 Å². The number of aryl methyl sites for hydroxylation is 1. The van der Waals surface area contributed by atoms with Crippen molar-refractivity contribution in [1.82, 2.24) is 4.57 Å². The van der Waals surface area contributed by atoms with Crippen LogP contribution < -0.4 is 15.3 Å². The monoisotopic (exact) mass is 716 g/mol. The van der Waals surface area contributed by atoms with E-state index in [2.05, 4.69) is 185 Å². The molecule has 0 N–H and O–H groups in total. The molecule has 1 aromatic heterocycles. The summed E-state index contributed by atoms with van der Waals surface area (Å²) in [5.41, 5.74) is 17.2. The zero-order chi connectivity index (χ0) is 36.7. The molecular weight excluding hydrogens is 677 g/mol. The van der Waals surface area contributed by atoms with E-state index in [0.29, 0.717) is 0 Å². The standard InChI is InChI=1S/C54H40N2/c1-3-19-40-35(13-1)15-11-27-48(40)55-50-25-7-5-21-44(50)46-33-38(29-31-52(46)55)42-23-9-17-37-18-10-24-43(54(37)42)39-30-32-53-47(34-39)45-22-6-8-26-51(45)56(53)49-28-12-16-36-14-2-4-20-41(36)49/h1,3-10,12-13,15-26,28-30,32-34,52H,2,11,14,27,31H2. The first kappa shape index (κ1) is 31.7. The molecule has 3 aliphatic carbocycles. The van der Waals surface area contributed by atoms with E-state index in [1.165, 1.54) is 105 Å². The summed E-state index contributed by atoms with van der Waals surface area (Å²) in [5.74, 6) is 0. The summed E-state index contributed by atoms with van der Waals surface area (Å²) in [6.07, 6.45) is 17.4. The first-order valence-corrected chi connectivity index (χ1v) is 20.2. The van der Waals surface area contributed by atoms with E-state index in [0.717, 1.165) is 32.1 Å². The lowest BCUT2D eigenvalue weighted by Crippen LogP contribution is -2.40. The highest BCUT2D eigenvalue weighted by Crippen LogP contribution is 2.49. The highest BCUT2D eigenvalue weighted by molar-refractivity contribution is 6.13. The van der Waals surface area contributed by atoms with Crippen molar-refractivity contribution in [3.63, 3.8) is 0 Å². The van der Waals surface area contributed by atoms with Gasteiger partial charge in [-0.3, -0.25) is 0 Å². The van der Waals surface area contributed by atoms with Crippen LogP contribution in [0.4, 0.5) is 5.69 Å². The van der Waals surface area contributed by atoms with Gasteiger partial charge >= 0.3 is 0 Å². The van der Waals surface area contributed by atoms with Gasteiger partial charge in [0.05, 0.1) is 22.8 Å². The van der Waals surface area contributed by atoms with Crippen LogP contribution >= 0.6 is 0 Å². The molecule has 2 heteroatoms. The van der Waals surface area contributed by atoms with Crippen LogP contribution in [0, 0.1) is 0 Å². The van der Waals surface area contributed by atoms with Crippen molar-refractivity contribution in [2.75, 3.05) is 4.90 Å². The summed E-state index contributed by atoms with van der Waals surface area (Å²) in [6.45, 7) is 0. The second kappa shape index (κ2) is 12.4. The summed E-state index contributed by atoms with van der Waals surface area (Å²) < 4.78 is 2.48. The van der Waals surface area contributed by atoms with Crippen molar-refractivity contribution < 1.29 is 0 Å². The molecule has 56 heavy (non-hydrogen) atoms. The van der Waals surface area contributed by atoms with Gasteiger partial charge in [-0.15, -0.1) is 0 Å². The number of hydrogen-bond acceptors (Lipinski definition) is 1. The second-order valence-electron chi connectivity index (χ2n) is 15.8. The van der Waals surface area contributed by atoms with Gasteiger partial charge in [-0.1, -0.05) is 140 Å². The van der Waals surface area contributed by atoms with E-state index in [1.54, 1.807) is 0 Å². The molecule has 0 spiro atoms. The molecule has 7 aromatic carbocycles. The zero-order valence-corrected chi connectivity index (χ0v) is 31.3. The van der Waals surface area contributed by atoms with Crippen molar-refractivity contribution in [3.05, 3.63) is 197 Å². The molecule has 0 saturated heterocycles. The molecule has 0 radical (unpaired) electrons. The normalized spacial score (nSPS) is 17.0. The number of allylic oxidation sites excluding steroid dienone is 3. The highest BCUT2D eigenvalue weighted by atomic mass is 15.2. The van der Waals surface area contributed by atoms with Gasteiger partial charge in [-0.25, -0.2) is 0 Å². The third-order valence-electron chi connectivity index (χ3n) is 12.8. The Morgan fingerprint density at radius 3 is 2.32 bits per heavy atom. The number of nitrogens with zero attached hydrogens (tertiary/aromatic N) is 2. The Morgan fingerprint density at radius 2 is 1.36 bits per heavy atom. The first-order valence-electron chi connectivity index (χ1n) is 20.2. The summed E-state index contributed by atoms with van der Waals surface area (Å²) in [6, 6.07) is 54.8. The van der Waals surface area contributed by atoms with Gasteiger partial charge < -0.3 is 9.47 Å². The molecule has 0 saturated carbocycles. The Hall–Kier alpha value is -6.64. The minimum absolute atomic E-state index is 0.289. The summed E-state index contributed by atoms with van der Waals surface area (Å²) in [7, 11) is 0. The maximum Gasteiger partial charge on any atom is 0.0630 e. The number of aromatic nitrogens is 1. The molecule has 0 bridgehead atoms. The smallest absolute Gasteiger partial charge is 0.0630 e. The molecule has 12 rings (SSSR count). The van der Waals surface area contributed by atoms with Gasteiger partial charge in [-0.05, 0) is 118 Å². The summed E-state index contributed by atoms with van der Waals surface area (Å²) in [4.78, 5) is 2.67. The second-order valence-corrected chi connectivity index (χ2v) is 15.8. The SMILES string of the molecule is C1=Cc2c(cccc2-n2c3ccccc3c3cc(-c4cccc5cccc(C6=CCC7C(=C6)c6ccccc6N7C6=c7ccccc7=CCC6)c45)ccc32)CC1. The molecule has 2 nitrogen and oxygen atoms in total. The van der Waals surface area contributed by atoms with Crippen molar-refractivity contribution in [2.45, 2.75) is 38.1 Å². The van der Waals surface area contributed by atoms with Gasteiger partial charge in [-0.2, -0.15) is 0 Å². The minimum Gasteiger partial charge on any atom is -0.336 e. The Labute approximate surface area is 327 Å². The maximum atomic E-state index is 2.67. The molecule has 1 atom stereocenters. The van der Waals surface area contributed by atoms with Crippen molar-refractivity contribution in [1.29, 1.82) is 0 Å². The predicted octanol–water partition coefficient (Wildman–Crippen LogP) is 12.0. The lowest BCUT2D eigenvalue weighted by molar-refractivity contribution is 0.808. The van der Waals surface area contributed by atoms with Crippen LogP contribution in [0.1, 0.15) is 47.9 Å². The Balaban J connectivity index is 1.01. The zero-order valence-electron chi connectivity index (χ0n) is 31.3. The molecule has 0 fully saturated rings. The molecular formula is C54H40N2. The number of anilines is 1. The predicted molar refractivity (Wildman–Crippen MR) is 237 cm³/mol. The topological polar surface area (TPSA) is 8.17 Å². The molecule has 8 aromatic rings. The van der Waals surface area contributed by atoms with Gasteiger partial charge in [0.15, 0.2) is 0 Å². The van der Waals surface area contributed by atoms with E-state index in [1.807, 2.05) is 0 Å². The maximum absolute atomic E-state index is 2.67. The van der Waals surface area contributed by atoms with E-state index < -0.39 is 0 Å². The molecule has 4 aliphatic rings. The van der Waals surface area contributed by atoms with Crippen molar-refractivity contribution in [2.24, 2.45) is 0 Å². The van der Waals surface area contributed by atoms with Crippen LogP contribution in [0.5, 0.6) is 0 Å². The Morgan fingerprint density at radius 1 is 0.571 bits per heavy atom. The average Bonchev–Trinajstić information content (AvgIpc) is 3.77. The van der Waals surface area contributed by atoms with E-state index >= 15 is 0 Å². The lowest BCUT2D eigenvalue weighted by atomic mass is 9.85. The van der Waals surface area contributed by atoms with Crippen LogP contribution in [0.25, 0.3) is 78.4 Å². The fourth-order valence-electron chi connectivity index (χ4n) is 10.4. The number of benzene rings is 7. The summed E-state index contributed by atoms with van der Waals surface area (Å²) >= 11 is 0. The average molecular weight is 717 g/mol. The molecule has 266 valence electrons. The molecule has 1 unspecified atom stereocenters.